The maximum absolute atomic E-state index is 11.6. The Morgan fingerprint density at radius 2 is 1.79 bits per heavy atom. The van der Waals surface area contributed by atoms with Gasteiger partial charge in [0.1, 0.15) is 5.41 Å². The standard InChI is InChI=1S/C10H17NO3/c1-10(2,9(13)14-5)8(12)6-7-11(3)4/h6-7H,1-5H3/b7-6-. The molecular weight excluding hydrogens is 182 g/mol. The highest BCUT2D eigenvalue weighted by Crippen LogP contribution is 2.19. The Morgan fingerprint density at radius 1 is 1.29 bits per heavy atom. The van der Waals surface area contributed by atoms with Crippen molar-refractivity contribution in [2.24, 2.45) is 5.41 Å². The summed E-state index contributed by atoms with van der Waals surface area (Å²) in [6, 6.07) is 0. The third-order valence-corrected chi connectivity index (χ3v) is 1.84. The number of nitrogens with zero attached hydrogens (tertiary/aromatic N) is 1. The van der Waals surface area contributed by atoms with Gasteiger partial charge < -0.3 is 9.64 Å². The Kier molecular flexibility index (Phi) is 4.34. The number of esters is 1. The largest absolute Gasteiger partial charge is 0.468 e. The lowest BCUT2D eigenvalue weighted by molar-refractivity contribution is -0.154. The molecule has 0 aliphatic rings. The average Bonchev–Trinajstić information content (AvgIpc) is 2.12. The Labute approximate surface area is 84.5 Å². The maximum Gasteiger partial charge on any atom is 0.319 e. The quantitative estimate of drug-likeness (QED) is 0.382. The molecule has 0 saturated heterocycles. The fraction of sp³-hybridized carbons (Fsp3) is 0.600. The molecule has 0 atom stereocenters. The van der Waals surface area contributed by atoms with E-state index in [4.69, 9.17) is 0 Å². The molecule has 0 radical (unpaired) electrons. The molecule has 0 aromatic rings. The first-order valence-electron chi connectivity index (χ1n) is 4.30. The number of rotatable bonds is 4. The molecule has 0 unspecified atom stereocenters. The van der Waals surface area contributed by atoms with Crippen molar-refractivity contribution < 1.29 is 14.3 Å². The molecule has 14 heavy (non-hydrogen) atoms. The topological polar surface area (TPSA) is 46.6 Å². The smallest absolute Gasteiger partial charge is 0.319 e. The van der Waals surface area contributed by atoms with Crippen molar-refractivity contribution in [3.05, 3.63) is 12.3 Å². The summed E-state index contributed by atoms with van der Waals surface area (Å²) in [5.41, 5.74) is -1.11. The van der Waals surface area contributed by atoms with Crippen LogP contribution in [0.3, 0.4) is 0 Å². The van der Waals surface area contributed by atoms with Gasteiger partial charge >= 0.3 is 5.97 Å². The predicted molar refractivity (Wildman–Crippen MR) is 53.6 cm³/mol. The van der Waals surface area contributed by atoms with Crippen molar-refractivity contribution in [1.29, 1.82) is 0 Å². The first-order valence-corrected chi connectivity index (χ1v) is 4.30. The zero-order valence-electron chi connectivity index (χ0n) is 9.33. The Hall–Kier alpha value is -1.32. The molecule has 0 aromatic heterocycles. The zero-order chi connectivity index (χ0) is 11.4. The van der Waals surface area contributed by atoms with E-state index in [2.05, 4.69) is 4.74 Å². The monoisotopic (exact) mass is 199 g/mol. The van der Waals surface area contributed by atoms with Crippen molar-refractivity contribution in [2.75, 3.05) is 21.2 Å². The fourth-order valence-corrected chi connectivity index (χ4v) is 0.781. The van der Waals surface area contributed by atoms with Gasteiger partial charge in [-0.1, -0.05) is 0 Å². The van der Waals surface area contributed by atoms with Gasteiger partial charge in [0, 0.05) is 20.3 Å². The van der Waals surface area contributed by atoms with Crippen LogP contribution < -0.4 is 0 Å². The van der Waals surface area contributed by atoms with Gasteiger partial charge in [-0.2, -0.15) is 0 Å². The summed E-state index contributed by atoms with van der Waals surface area (Å²) in [6.07, 6.45) is 2.98. The van der Waals surface area contributed by atoms with Gasteiger partial charge in [0.2, 0.25) is 0 Å². The van der Waals surface area contributed by atoms with Crippen LogP contribution in [0.4, 0.5) is 0 Å². The van der Waals surface area contributed by atoms with Crippen LogP contribution in [0.1, 0.15) is 13.8 Å². The highest BCUT2D eigenvalue weighted by atomic mass is 16.5. The summed E-state index contributed by atoms with van der Waals surface area (Å²) in [7, 11) is 4.87. The number of hydrogen-bond acceptors (Lipinski definition) is 4. The molecule has 80 valence electrons. The van der Waals surface area contributed by atoms with Gasteiger partial charge in [0.15, 0.2) is 5.78 Å². The molecule has 0 heterocycles. The second-order valence-corrected chi connectivity index (χ2v) is 3.76. The van der Waals surface area contributed by atoms with Gasteiger partial charge in [0.25, 0.3) is 0 Å². The number of allylic oxidation sites excluding steroid dienone is 1. The number of ether oxygens (including phenoxy) is 1. The van der Waals surface area contributed by atoms with Crippen LogP contribution in [0.5, 0.6) is 0 Å². The number of carbonyl (C=O) groups excluding carboxylic acids is 2. The van der Waals surface area contributed by atoms with Crippen molar-refractivity contribution in [3.63, 3.8) is 0 Å². The maximum atomic E-state index is 11.6. The van der Waals surface area contributed by atoms with E-state index in [0.29, 0.717) is 0 Å². The Bertz CT molecular complexity index is 254. The lowest BCUT2D eigenvalue weighted by Gasteiger charge is -2.17. The number of methoxy groups -OCH3 is 1. The molecule has 0 bridgehead atoms. The van der Waals surface area contributed by atoms with Gasteiger partial charge in [-0.15, -0.1) is 0 Å². The molecular formula is C10H17NO3. The summed E-state index contributed by atoms with van der Waals surface area (Å²) < 4.78 is 4.54. The summed E-state index contributed by atoms with van der Waals surface area (Å²) in [5.74, 6) is -0.788. The van der Waals surface area contributed by atoms with Crippen molar-refractivity contribution in [2.45, 2.75) is 13.8 Å². The van der Waals surface area contributed by atoms with E-state index in [9.17, 15) is 9.59 Å². The van der Waals surface area contributed by atoms with E-state index >= 15 is 0 Å². The van der Waals surface area contributed by atoms with Crippen molar-refractivity contribution >= 4 is 11.8 Å². The lowest BCUT2D eigenvalue weighted by atomic mass is 9.88. The molecule has 0 aliphatic carbocycles. The first kappa shape index (κ1) is 12.7. The summed E-state index contributed by atoms with van der Waals surface area (Å²) in [6.45, 7) is 3.09. The second-order valence-electron chi connectivity index (χ2n) is 3.76. The minimum absolute atomic E-state index is 0.266. The van der Waals surface area contributed by atoms with E-state index in [-0.39, 0.29) is 5.78 Å². The van der Waals surface area contributed by atoms with E-state index in [1.54, 1.807) is 39.0 Å². The van der Waals surface area contributed by atoms with Crippen LogP contribution in [-0.2, 0) is 14.3 Å². The van der Waals surface area contributed by atoms with E-state index in [1.165, 1.54) is 13.2 Å². The van der Waals surface area contributed by atoms with Crippen LogP contribution in [0, 0.1) is 5.41 Å². The Balaban J connectivity index is 4.59. The zero-order valence-corrected chi connectivity index (χ0v) is 9.33. The van der Waals surface area contributed by atoms with Gasteiger partial charge in [0.05, 0.1) is 7.11 Å². The van der Waals surface area contributed by atoms with Crippen LogP contribution in [0.2, 0.25) is 0 Å². The van der Waals surface area contributed by atoms with Crippen LogP contribution in [0.25, 0.3) is 0 Å². The van der Waals surface area contributed by atoms with Crippen molar-refractivity contribution in [3.8, 4) is 0 Å². The molecule has 0 N–H and O–H groups in total. The second kappa shape index (κ2) is 4.79. The van der Waals surface area contributed by atoms with Gasteiger partial charge in [-0.3, -0.25) is 9.59 Å². The van der Waals surface area contributed by atoms with Crippen LogP contribution >= 0.6 is 0 Å². The third-order valence-electron chi connectivity index (χ3n) is 1.84. The molecule has 0 fully saturated rings. The third kappa shape index (κ3) is 3.20. The van der Waals surface area contributed by atoms with Gasteiger partial charge in [-0.05, 0) is 19.9 Å². The molecule has 0 amide bonds. The summed E-state index contributed by atoms with van der Waals surface area (Å²) in [5, 5.41) is 0. The Morgan fingerprint density at radius 3 is 2.14 bits per heavy atom. The first-order chi connectivity index (χ1) is 6.32. The highest BCUT2D eigenvalue weighted by Gasteiger charge is 2.35. The number of hydrogen-bond donors (Lipinski definition) is 0. The molecule has 0 saturated carbocycles. The SMILES string of the molecule is COC(=O)C(C)(C)C(=O)/C=C\N(C)C. The minimum Gasteiger partial charge on any atom is -0.468 e. The fourth-order valence-electron chi connectivity index (χ4n) is 0.781. The highest BCUT2D eigenvalue weighted by molar-refractivity contribution is 6.08. The van der Waals surface area contributed by atoms with Gasteiger partial charge in [-0.25, -0.2) is 0 Å². The minimum atomic E-state index is -1.11. The van der Waals surface area contributed by atoms with Crippen LogP contribution in [-0.4, -0.2) is 37.9 Å². The molecule has 4 nitrogen and oxygen atoms in total. The van der Waals surface area contributed by atoms with Crippen molar-refractivity contribution in [1.82, 2.24) is 4.90 Å². The molecule has 0 rings (SSSR count). The summed E-state index contributed by atoms with van der Waals surface area (Å²) in [4.78, 5) is 24.5. The van der Waals surface area contributed by atoms with Crippen LogP contribution in [0.15, 0.2) is 12.3 Å². The van der Waals surface area contributed by atoms with E-state index in [0.717, 1.165) is 0 Å². The van der Waals surface area contributed by atoms with E-state index < -0.39 is 11.4 Å². The predicted octanol–water partition coefficient (Wildman–Crippen LogP) is 0.830. The molecule has 0 spiro atoms. The lowest BCUT2D eigenvalue weighted by Crippen LogP contribution is -2.33. The number of ketones is 1. The number of carbonyl (C=O) groups is 2. The molecule has 0 aliphatic heterocycles. The van der Waals surface area contributed by atoms with E-state index in [1.807, 2.05) is 0 Å². The molecule has 0 aromatic carbocycles. The average molecular weight is 199 g/mol. The molecule has 4 heteroatoms. The summed E-state index contributed by atoms with van der Waals surface area (Å²) >= 11 is 0. The normalized spacial score (nSPS) is 11.5.